The molecule has 0 spiro atoms. The lowest BCUT2D eigenvalue weighted by Crippen LogP contribution is -2.38. The second kappa shape index (κ2) is 5.46. The quantitative estimate of drug-likeness (QED) is 0.824. The highest BCUT2D eigenvalue weighted by atomic mass is 16.2. The lowest BCUT2D eigenvalue weighted by atomic mass is 9.85. The van der Waals surface area contributed by atoms with Crippen LogP contribution < -0.4 is 5.32 Å². The van der Waals surface area contributed by atoms with Crippen molar-refractivity contribution in [3.05, 3.63) is 11.9 Å². The third-order valence-corrected chi connectivity index (χ3v) is 4.27. The van der Waals surface area contributed by atoms with Gasteiger partial charge in [-0.15, -0.1) is 5.10 Å². The van der Waals surface area contributed by atoms with Crippen molar-refractivity contribution in [3.63, 3.8) is 0 Å². The molecule has 114 valence electrons. The van der Waals surface area contributed by atoms with Gasteiger partial charge in [0.2, 0.25) is 0 Å². The second-order valence-corrected chi connectivity index (χ2v) is 6.24. The predicted molar refractivity (Wildman–Crippen MR) is 75.5 cm³/mol. The summed E-state index contributed by atoms with van der Waals surface area (Å²) in [5.41, 5.74) is 0.729. The van der Waals surface area contributed by atoms with Crippen LogP contribution in [0.4, 0.5) is 4.79 Å². The van der Waals surface area contributed by atoms with E-state index in [0.717, 1.165) is 18.5 Å². The van der Waals surface area contributed by atoms with Crippen LogP contribution in [0, 0.1) is 5.92 Å². The third-order valence-electron chi connectivity index (χ3n) is 4.27. The summed E-state index contributed by atoms with van der Waals surface area (Å²) in [6.07, 6.45) is 5.67. The Morgan fingerprint density at radius 3 is 2.71 bits per heavy atom. The minimum Gasteiger partial charge on any atom is -0.325 e. The van der Waals surface area contributed by atoms with Gasteiger partial charge in [0, 0.05) is 25.2 Å². The molecule has 0 aromatic carbocycles. The Bertz CT molecular complexity index is 549. The Morgan fingerprint density at radius 1 is 1.38 bits per heavy atom. The van der Waals surface area contributed by atoms with Gasteiger partial charge in [-0.1, -0.05) is 11.6 Å². The molecular weight excluding hydrogens is 270 g/mol. The first-order valence-corrected chi connectivity index (χ1v) is 7.57. The maximum Gasteiger partial charge on any atom is 0.324 e. The van der Waals surface area contributed by atoms with E-state index >= 15 is 0 Å². The van der Waals surface area contributed by atoms with E-state index in [-0.39, 0.29) is 18.0 Å². The number of carbonyl (C=O) groups is 2. The number of amides is 3. The molecule has 1 saturated heterocycles. The van der Waals surface area contributed by atoms with E-state index in [0.29, 0.717) is 18.9 Å². The van der Waals surface area contributed by atoms with Crippen LogP contribution in [0.5, 0.6) is 0 Å². The topological polar surface area (TPSA) is 80.1 Å². The molecule has 7 heteroatoms. The zero-order valence-electron chi connectivity index (χ0n) is 12.5. The molecule has 1 atom stereocenters. The van der Waals surface area contributed by atoms with Gasteiger partial charge in [0.1, 0.15) is 6.04 Å². The van der Waals surface area contributed by atoms with Crippen LogP contribution >= 0.6 is 0 Å². The average Bonchev–Trinajstić information content (AvgIpc) is 2.93. The molecule has 2 aliphatic rings. The first kappa shape index (κ1) is 14.0. The van der Waals surface area contributed by atoms with Crippen molar-refractivity contribution in [1.82, 2.24) is 25.2 Å². The Kier molecular flexibility index (Phi) is 3.65. The van der Waals surface area contributed by atoms with E-state index < -0.39 is 6.04 Å². The Morgan fingerprint density at radius 2 is 2.14 bits per heavy atom. The molecule has 1 aromatic heterocycles. The highest BCUT2D eigenvalue weighted by Crippen LogP contribution is 2.28. The number of urea groups is 1. The fourth-order valence-electron chi connectivity index (χ4n) is 2.69. The van der Waals surface area contributed by atoms with E-state index in [4.69, 9.17) is 0 Å². The smallest absolute Gasteiger partial charge is 0.324 e. The molecule has 1 aliphatic heterocycles. The van der Waals surface area contributed by atoms with Gasteiger partial charge in [0.25, 0.3) is 5.91 Å². The standard InChI is InChI=1S/C14H21N5O2/c1-9(2)19-8-11(16-17-19)6-12-13(20)18(14(21)15-12)7-10-4-3-5-10/h8-10,12H,3-7H2,1-2H3,(H,15,21). The summed E-state index contributed by atoms with van der Waals surface area (Å²) in [6, 6.07) is -0.543. The fourth-order valence-corrected chi connectivity index (χ4v) is 2.69. The number of aromatic nitrogens is 3. The van der Waals surface area contributed by atoms with Crippen molar-refractivity contribution in [2.24, 2.45) is 5.92 Å². The molecule has 0 radical (unpaired) electrons. The minimum absolute atomic E-state index is 0.133. The first-order chi connectivity index (χ1) is 10.0. The largest absolute Gasteiger partial charge is 0.325 e. The number of nitrogens with zero attached hydrogens (tertiary/aromatic N) is 4. The normalized spacial score (nSPS) is 22.8. The minimum atomic E-state index is -0.505. The summed E-state index contributed by atoms with van der Waals surface area (Å²) in [7, 11) is 0. The molecule has 1 aliphatic carbocycles. The summed E-state index contributed by atoms with van der Waals surface area (Å²) < 4.78 is 1.75. The van der Waals surface area contributed by atoms with Crippen LogP contribution in [0.25, 0.3) is 0 Å². The summed E-state index contributed by atoms with van der Waals surface area (Å²) in [4.78, 5) is 25.6. The van der Waals surface area contributed by atoms with Gasteiger partial charge in [-0.25, -0.2) is 9.48 Å². The van der Waals surface area contributed by atoms with Gasteiger partial charge in [0.15, 0.2) is 0 Å². The number of hydrogen-bond acceptors (Lipinski definition) is 4. The molecule has 7 nitrogen and oxygen atoms in total. The summed E-state index contributed by atoms with van der Waals surface area (Å²) in [6.45, 7) is 4.59. The highest BCUT2D eigenvalue weighted by molar-refractivity contribution is 6.04. The molecule has 2 heterocycles. The van der Waals surface area contributed by atoms with Crippen LogP contribution in [-0.4, -0.2) is 44.4 Å². The third kappa shape index (κ3) is 2.77. The van der Waals surface area contributed by atoms with Crippen molar-refractivity contribution >= 4 is 11.9 Å². The van der Waals surface area contributed by atoms with Gasteiger partial charge in [-0.2, -0.15) is 0 Å². The summed E-state index contributed by atoms with van der Waals surface area (Å²) >= 11 is 0. The number of nitrogens with one attached hydrogen (secondary N) is 1. The number of hydrogen-bond donors (Lipinski definition) is 1. The van der Waals surface area contributed by atoms with Crippen LogP contribution in [0.3, 0.4) is 0 Å². The van der Waals surface area contributed by atoms with Crippen molar-refractivity contribution < 1.29 is 9.59 Å². The number of rotatable bonds is 5. The maximum absolute atomic E-state index is 12.3. The molecule has 1 N–H and O–H groups in total. The Balaban J connectivity index is 1.63. The molecular formula is C14H21N5O2. The lowest BCUT2D eigenvalue weighted by molar-refractivity contribution is -0.128. The van der Waals surface area contributed by atoms with Gasteiger partial charge in [-0.3, -0.25) is 9.69 Å². The highest BCUT2D eigenvalue weighted by Gasteiger charge is 2.40. The van der Waals surface area contributed by atoms with Crippen LogP contribution in [0.1, 0.15) is 44.8 Å². The lowest BCUT2D eigenvalue weighted by Gasteiger charge is -2.28. The van der Waals surface area contributed by atoms with E-state index in [1.54, 1.807) is 4.68 Å². The van der Waals surface area contributed by atoms with Crippen molar-refractivity contribution in [2.45, 2.75) is 51.6 Å². The van der Waals surface area contributed by atoms with Crippen LogP contribution in [0.2, 0.25) is 0 Å². The maximum atomic E-state index is 12.3. The van der Waals surface area contributed by atoms with Gasteiger partial charge in [-0.05, 0) is 32.6 Å². The molecule has 1 aromatic rings. The SMILES string of the molecule is CC(C)n1cc(CC2NC(=O)N(CC3CCC3)C2=O)nn1. The van der Waals surface area contributed by atoms with Crippen LogP contribution in [-0.2, 0) is 11.2 Å². The molecule has 3 rings (SSSR count). The first-order valence-electron chi connectivity index (χ1n) is 7.57. The van der Waals surface area contributed by atoms with E-state index in [9.17, 15) is 9.59 Å². The molecule has 3 amide bonds. The molecule has 1 unspecified atom stereocenters. The van der Waals surface area contributed by atoms with Crippen molar-refractivity contribution in [2.75, 3.05) is 6.54 Å². The molecule has 2 fully saturated rings. The number of carbonyl (C=O) groups excluding carboxylic acids is 2. The Hall–Kier alpha value is -1.92. The van der Waals surface area contributed by atoms with Crippen molar-refractivity contribution in [3.8, 4) is 0 Å². The van der Waals surface area contributed by atoms with Gasteiger partial charge in [0.05, 0.1) is 5.69 Å². The average molecular weight is 291 g/mol. The van der Waals surface area contributed by atoms with E-state index in [1.165, 1.54) is 11.3 Å². The summed E-state index contributed by atoms with van der Waals surface area (Å²) in [5, 5.41) is 10.8. The Labute approximate surface area is 123 Å². The second-order valence-electron chi connectivity index (χ2n) is 6.24. The van der Waals surface area contributed by atoms with E-state index in [1.807, 2.05) is 20.0 Å². The fraction of sp³-hybridized carbons (Fsp3) is 0.714. The monoisotopic (exact) mass is 291 g/mol. The summed E-state index contributed by atoms with van der Waals surface area (Å²) in [5.74, 6) is 0.353. The van der Waals surface area contributed by atoms with Gasteiger partial charge < -0.3 is 5.32 Å². The predicted octanol–water partition coefficient (Wildman–Crippen LogP) is 1.12. The molecule has 0 bridgehead atoms. The molecule has 1 saturated carbocycles. The zero-order valence-corrected chi connectivity index (χ0v) is 12.5. The van der Waals surface area contributed by atoms with Crippen LogP contribution in [0.15, 0.2) is 6.20 Å². The zero-order chi connectivity index (χ0) is 15.0. The number of imide groups is 1. The molecule has 21 heavy (non-hydrogen) atoms. The van der Waals surface area contributed by atoms with Gasteiger partial charge >= 0.3 is 6.03 Å². The van der Waals surface area contributed by atoms with E-state index in [2.05, 4.69) is 15.6 Å². The van der Waals surface area contributed by atoms with Crippen molar-refractivity contribution in [1.29, 1.82) is 0 Å².